The Morgan fingerprint density at radius 3 is 2.48 bits per heavy atom. The maximum atomic E-state index is 13.0. The minimum atomic E-state index is -4.30. The topological polar surface area (TPSA) is 48.4 Å². The van der Waals surface area contributed by atoms with Crippen molar-refractivity contribution >= 4 is 11.5 Å². The van der Waals surface area contributed by atoms with Crippen molar-refractivity contribution in [3.05, 3.63) is 78.0 Å². The summed E-state index contributed by atoms with van der Waals surface area (Å²) in [4.78, 5) is 6.91. The summed E-state index contributed by atoms with van der Waals surface area (Å²) in [5.41, 5.74) is 2.81. The second-order valence-corrected chi connectivity index (χ2v) is 12.1. The number of aromatic nitrogens is 1. The van der Waals surface area contributed by atoms with E-state index in [1.807, 2.05) is 24.4 Å². The van der Waals surface area contributed by atoms with Gasteiger partial charge in [0, 0.05) is 31.0 Å². The van der Waals surface area contributed by atoms with Crippen LogP contribution < -0.4 is 10.2 Å². The molecule has 1 aromatic heterocycles. The van der Waals surface area contributed by atoms with E-state index < -0.39 is 17.3 Å². The summed E-state index contributed by atoms with van der Waals surface area (Å²) < 4.78 is 39.0. The molecule has 2 aliphatic carbocycles. The zero-order chi connectivity index (χ0) is 27.7. The number of hydrogen-bond acceptors (Lipinski definition) is 4. The van der Waals surface area contributed by atoms with Gasteiger partial charge in [0.25, 0.3) is 0 Å². The van der Waals surface area contributed by atoms with Gasteiger partial charge in [0.1, 0.15) is 5.82 Å². The Labute approximate surface area is 234 Å². The molecule has 6 rings (SSSR count). The van der Waals surface area contributed by atoms with Gasteiger partial charge in [0.05, 0.1) is 11.2 Å². The van der Waals surface area contributed by atoms with Crippen LogP contribution in [0.2, 0.25) is 0 Å². The third kappa shape index (κ3) is 6.14. The molecular formula is C33H38F3N3O. The number of pyridine rings is 1. The third-order valence-corrected chi connectivity index (χ3v) is 9.17. The van der Waals surface area contributed by atoms with Gasteiger partial charge in [-0.3, -0.25) is 0 Å². The number of piperidine rings is 1. The van der Waals surface area contributed by atoms with Gasteiger partial charge in [-0.25, -0.2) is 4.98 Å². The van der Waals surface area contributed by atoms with E-state index in [1.54, 1.807) is 12.1 Å². The Morgan fingerprint density at radius 2 is 1.70 bits per heavy atom. The molecule has 2 saturated carbocycles. The smallest absolute Gasteiger partial charge is 0.385 e. The lowest BCUT2D eigenvalue weighted by molar-refractivity contribution is -0.137. The third-order valence-electron chi connectivity index (χ3n) is 9.17. The predicted molar refractivity (Wildman–Crippen MR) is 153 cm³/mol. The van der Waals surface area contributed by atoms with Crippen LogP contribution in [0.25, 0.3) is 11.1 Å². The lowest BCUT2D eigenvalue weighted by Gasteiger charge is -2.39. The molecule has 0 spiro atoms. The summed E-state index contributed by atoms with van der Waals surface area (Å²) in [5, 5.41) is 14.3. The molecular weight excluding hydrogens is 511 g/mol. The van der Waals surface area contributed by atoms with E-state index in [1.165, 1.54) is 31.4 Å². The van der Waals surface area contributed by atoms with Crippen molar-refractivity contribution in [2.24, 2.45) is 11.8 Å². The largest absolute Gasteiger partial charge is 0.416 e. The summed E-state index contributed by atoms with van der Waals surface area (Å²) >= 11 is 0. The van der Waals surface area contributed by atoms with Crippen molar-refractivity contribution in [3.8, 4) is 11.1 Å². The molecule has 3 fully saturated rings. The number of anilines is 2. The Hall–Kier alpha value is -3.06. The standard InChI is InChI=1S/C33H38F3N3O/c34-33(35,36)27-10-12-29(13-11-27)39-18-4-5-23(22-39)19-26-6-1-2-9-30(26)38-31-21-25(14-17-37-31)24-7-3-8-28(20-24)32(40)15-16-32/h3,7-8,10-14,17,20-21,23,26,30,40H,1-2,4-6,9,15-16,18-19,22H2,(H,37,38)/t23-,26+,30-/m1/s1. The van der Waals surface area contributed by atoms with Gasteiger partial charge >= 0.3 is 6.18 Å². The molecule has 2 aromatic carbocycles. The van der Waals surface area contributed by atoms with E-state index in [9.17, 15) is 18.3 Å². The molecule has 0 radical (unpaired) electrons. The van der Waals surface area contributed by atoms with E-state index in [-0.39, 0.29) is 0 Å². The number of halogens is 3. The van der Waals surface area contributed by atoms with Crippen LogP contribution >= 0.6 is 0 Å². The Kier molecular flexibility index (Phi) is 7.51. The van der Waals surface area contributed by atoms with Gasteiger partial charge in [-0.15, -0.1) is 0 Å². The summed E-state index contributed by atoms with van der Waals surface area (Å²) in [6, 6.07) is 18.4. The van der Waals surface area contributed by atoms with Crippen LogP contribution in [0.4, 0.5) is 24.7 Å². The zero-order valence-corrected chi connectivity index (χ0v) is 22.8. The Morgan fingerprint density at radius 1 is 0.925 bits per heavy atom. The predicted octanol–water partition coefficient (Wildman–Crippen LogP) is 8.03. The number of rotatable bonds is 7. The van der Waals surface area contributed by atoms with Gasteiger partial charge in [-0.1, -0.05) is 31.0 Å². The van der Waals surface area contributed by atoms with E-state index in [0.717, 1.165) is 79.8 Å². The molecule has 40 heavy (non-hydrogen) atoms. The van der Waals surface area contributed by atoms with Crippen molar-refractivity contribution in [1.82, 2.24) is 4.98 Å². The van der Waals surface area contributed by atoms with Crippen molar-refractivity contribution in [2.75, 3.05) is 23.3 Å². The molecule has 3 atom stereocenters. The fraction of sp³-hybridized carbons (Fsp3) is 0.485. The molecule has 3 aromatic rings. The average Bonchev–Trinajstić information content (AvgIpc) is 3.72. The molecule has 0 amide bonds. The fourth-order valence-corrected chi connectivity index (χ4v) is 6.74. The van der Waals surface area contributed by atoms with E-state index >= 15 is 0 Å². The highest BCUT2D eigenvalue weighted by molar-refractivity contribution is 5.67. The fourth-order valence-electron chi connectivity index (χ4n) is 6.74. The summed E-state index contributed by atoms with van der Waals surface area (Å²) in [7, 11) is 0. The number of alkyl halides is 3. The molecule has 2 N–H and O–H groups in total. The Bertz CT molecular complexity index is 1300. The molecule has 212 valence electrons. The number of nitrogens with one attached hydrogen (secondary N) is 1. The monoisotopic (exact) mass is 549 g/mol. The van der Waals surface area contributed by atoms with Crippen LogP contribution in [0.3, 0.4) is 0 Å². The van der Waals surface area contributed by atoms with Gasteiger partial charge in [0.2, 0.25) is 0 Å². The van der Waals surface area contributed by atoms with Crippen molar-refractivity contribution < 1.29 is 18.3 Å². The lowest BCUT2D eigenvalue weighted by Crippen LogP contribution is -2.39. The van der Waals surface area contributed by atoms with Gasteiger partial charge in [0.15, 0.2) is 0 Å². The van der Waals surface area contributed by atoms with Gasteiger partial charge < -0.3 is 15.3 Å². The Balaban J connectivity index is 1.11. The average molecular weight is 550 g/mol. The van der Waals surface area contributed by atoms with Crippen LogP contribution in [-0.2, 0) is 11.8 Å². The van der Waals surface area contributed by atoms with Crippen LogP contribution in [0.5, 0.6) is 0 Å². The summed E-state index contributed by atoms with van der Waals surface area (Å²) in [6.07, 6.45) is 7.30. The minimum absolute atomic E-state index is 0.358. The molecule has 4 nitrogen and oxygen atoms in total. The van der Waals surface area contributed by atoms with Gasteiger partial charge in [-0.2, -0.15) is 13.2 Å². The highest BCUT2D eigenvalue weighted by atomic mass is 19.4. The minimum Gasteiger partial charge on any atom is -0.385 e. The van der Waals surface area contributed by atoms with Crippen molar-refractivity contribution in [1.29, 1.82) is 0 Å². The molecule has 0 unspecified atom stereocenters. The summed E-state index contributed by atoms with van der Waals surface area (Å²) in [6.45, 7) is 1.79. The SMILES string of the molecule is OC1(c2cccc(-c3ccnc(N[C@@H]4CCCC[C@H]4C[C@H]4CCCN(c5ccc(C(F)(F)F)cc5)C4)c3)c2)CC1. The summed E-state index contributed by atoms with van der Waals surface area (Å²) in [5.74, 6) is 1.96. The number of aliphatic hydroxyl groups is 1. The molecule has 0 bridgehead atoms. The number of hydrogen-bond donors (Lipinski definition) is 2. The molecule has 2 heterocycles. The van der Waals surface area contributed by atoms with E-state index in [0.29, 0.717) is 17.9 Å². The number of nitrogens with zero attached hydrogens (tertiary/aromatic N) is 2. The first-order chi connectivity index (χ1) is 19.3. The van der Waals surface area contributed by atoms with Crippen LogP contribution in [0.1, 0.15) is 68.9 Å². The van der Waals surface area contributed by atoms with Crippen LogP contribution in [0, 0.1) is 11.8 Å². The zero-order valence-electron chi connectivity index (χ0n) is 22.8. The molecule has 3 aliphatic rings. The maximum Gasteiger partial charge on any atom is 0.416 e. The van der Waals surface area contributed by atoms with E-state index in [2.05, 4.69) is 33.4 Å². The normalized spacial score (nSPS) is 24.5. The first-order valence-electron chi connectivity index (χ1n) is 14.7. The second-order valence-electron chi connectivity index (χ2n) is 12.1. The highest BCUT2D eigenvalue weighted by Crippen LogP contribution is 2.46. The molecule has 1 aliphatic heterocycles. The second kappa shape index (κ2) is 11.1. The highest BCUT2D eigenvalue weighted by Gasteiger charge is 2.42. The molecule has 1 saturated heterocycles. The lowest BCUT2D eigenvalue weighted by atomic mass is 9.77. The maximum absolute atomic E-state index is 13.0. The number of benzene rings is 2. The molecule has 7 heteroatoms. The van der Waals surface area contributed by atoms with Crippen LogP contribution in [-0.4, -0.2) is 29.2 Å². The quantitative estimate of drug-likeness (QED) is 0.313. The van der Waals surface area contributed by atoms with Crippen molar-refractivity contribution in [2.45, 2.75) is 75.6 Å². The first kappa shape index (κ1) is 27.1. The van der Waals surface area contributed by atoms with Crippen molar-refractivity contribution in [3.63, 3.8) is 0 Å². The van der Waals surface area contributed by atoms with E-state index in [4.69, 9.17) is 0 Å². The first-order valence-corrected chi connectivity index (χ1v) is 14.7. The van der Waals surface area contributed by atoms with Gasteiger partial charge in [-0.05, 0) is 116 Å². The van der Waals surface area contributed by atoms with Crippen LogP contribution in [0.15, 0.2) is 66.9 Å².